The second kappa shape index (κ2) is 16.0. The van der Waals surface area contributed by atoms with Gasteiger partial charge in [-0.3, -0.25) is 0 Å². The normalized spacial score (nSPS) is 15.1. The van der Waals surface area contributed by atoms with Gasteiger partial charge < -0.3 is 44.9 Å². The van der Waals surface area contributed by atoms with Gasteiger partial charge in [-0.05, 0) is 91.4 Å². The minimum atomic E-state index is -1.34. The number of carboxylic acid groups (broad SMARTS) is 3. The summed E-state index contributed by atoms with van der Waals surface area (Å²) in [5, 5.41) is 59.1. The molecule has 4 aliphatic rings. The molecule has 61 heavy (non-hydrogen) atoms. The smallest absolute Gasteiger partial charge is 0.884 e. The Bertz CT molecular complexity index is 3150. The molecule has 0 amide bonds. The van der Waals surface area contributed by atoms with Crippen LogP contribution in [0.1, 0.15) is 64.9 Å². The van der Waals surface area contributed by atoms with Gasteiger partial charge in [0.05, 0.1) is 52.1 Å². The number of allylic oxidation sites excluding steroid dienone is 8. The molecular formula is C48H28N4O8Zn. The predicted octanol–water partition coefficient (Wildman–Crippen LogP) is 0.795. The number of hydrogen-bond donors (Lipinski definition) is 0. The van der Waals surface area contributed by atoms with E-state index in [0.717, 1.165) is 0 Å². The van der Waals surface area contributed by atoms with Crippen molar-refractivity contribution >= 4 is 63.3 Å². The van der Waals surface area contributed by atoms with Crippen LogP contribution in [0.3, 0.4) is 0 Å². The molecule has 0 saturated heterocycles. The first-order chi connectivity index (χ1) is 29.0. The number of fused-ring (bicyclic) bond motifs is 5. The van der Waals surface area contributed by atoms with Crippen molar-refractivity contribution in [2.75, 3.05) is 0 Å². The van der Waals surface area contributed by atoms with Gasteiger partial charge in [-0.25, -0.2) is 15.0 Å². The average molecular weight is 854 g/mol. The predicted molar refractivity (Wildman–Crippen MR) is 218 cm³/mol. The number of aliphatic imine (C=N–C) groups is 3. The van der Waals surface area contributed by atoms with E-state index in [1.54, 1.807) is 97.1 Å². The van der Waals surface area contributed by atoms with E-state index >= 15 is 0 Å². The quantitative estimate of drug-likeness (QED) is 0.220. The molecule has 1 aromatic heterocycles. The van der Waals surface area contributed by atoms with E-state index in [4.69, 9.17) is 20.0 Å². The van der Waals surface area contributed by atoms with E-state index in [-0.39, 0.29) is 47.1 Å². The van der Waals surface area contributed by atoms with Crippen molar-refractivity contribution in [3.05, 3.63) is 218 Å². The maximum atomic E-state index is 11.7. The largest absolute Gasteiger partial charge is 2.00 e. The fourth-order valence-electron chi connectivity index (χ4n) is 7.36. The van der Waals surface area contributed by atoms with Crippen LogP contribution in [0, 0.1) is 0 Å². The van der Waals surface area contributed by atoms with E-state index in [1.165, 1.54) is 48.5 Å². The van der Waals surface area contributed by atoms with E-state index < -0.39 is 23.9 Å². The Kier molecular flexibility index (Phi) is 10.4. The van der Waals surface area contributed by atoms with Crippen LogP contribution in [0.2, 0.25) is 0 Å². The summed E-state index contributed by atoms with van der Waals surface area (Å²) in [5.74, 6) is -5.34. The summed E-state index contributed by atoms with van der Waals surface area (Å²) in [6.45, 7) is 0. The molecule has 9 rings (SSSR count). The van der Waals surface area contributed by atoms with Gasteiger partial charge in [-0.1, -0.05) is 109 Å². The molecule has 0 saturated carbocycles. The van der Waals surface area contributed by atoms with Gasteiger partial charge >= 0.3 is 25.2 Å². The summed E-state index contributed by atoms with van der Waals surface area (Å²) in [6, 6.07) is 28.2. The van der Waals surface area contributed by atoms with Gasteiger partial charge in [0.1, 0.15) is 0 Å². The van der Waals surface area contributed by atoms with Crippen LogP contribution in [-0.2, 0) is 19.5 Å². The fourth-order valence-corrected chi connectivity index (χ4v) is 7.36. The minimum Gasteiger partial charge on any atom is -0.884 e. The first kappa shape index (κ1) is 39.8. The van der Waals surface area contributed by atoms with Gasteiger partial charge in [0.15, 0.2) is 0 Å². The van der Waals surface area contributed by atoms with Crippen molar-refractivity contribution in [1.82, 2.24) is 4.98 Å². The first-order valence-electron chi connectivity index (χ1n) is 18.4. The summed E-state index contributed by atoms with van der Waals surface area (Å²) >= 11 is 0. The summed E-state index contributed by atoms with van der Waals surface area (Å²) in [6.07, 6.45) is 10.8. The monoisotopic (exact) mass is 852 g/mol. The summed E-state index contributed by atoms with van der Waals surface area (Å²) in [5.41, 5.74) is 7.81. The number of benzene rings is 4. The number of carbonyl (C=O) groups is 3. The van der Waals surface area contributed by atoms with Crippen molar-refractivity contribution in [3.8, 4) is 0 Å². The molecule has 13 heteroatoms. The maximum Gasteiger partial charge on any atom is 2.00 e. The number of aromatic carboxylic acids is 3. The molecule has 0 atom stereocenters. The molecule has 5 heterocycles. The molecule has 290 valence electrons. The Morgan fingerprint density at radius 3 is 1.13 bits per heavy atom. The van der Waals surface area contributed by atoms with Crippen LogP contribution in [0.4, 0.5) is 0 Å². The van der Waals surface area contributed by atoms with Gasteiger partial charge in [0.25, 0.3) is 0 Å². The van der Waals surface area contributed by atoms with E-state index in [1.807, 2.05) is 0 Å². The zero-order valence-electron chi connectivity index (χ0n) is 35.6. The molecule has 0 spiro atoms. The Hall–Kier alpha value is -8.02. The van der Waals surface area contributed by atoms with Crippen LogP contribution in [0.15, 0.2) is 178 Å². The molecule has 0 fully saturated rings. The maximum absolute atomic E-state index is 11.7. The molecule has 0 N–H and O–H groups in total. The Morgan fingerprint density at radius 2 is 0.754 bits per heavy atom. The third kappa shape index (κ3) is 7.46. The van der Waals surface area contributed by atoms with E-state index in [9.17, 15) is 39.9 Å². The van der Waals surface area contributed by atoms with Gasteiger partial charge in [-0.15, -0.1) is 11.4 Å². The molecule has 4 aliphatic heterocycles. The van der Waals surface area contributed by atoms with Gasteiger partial charge in [-0.2, -0.15) is 5.95 Å². The van der Waals surface area contributed by atoms with E-state index in [0.29, 0.717) is 89.8 Å². The zero-order valence-corrected chi connectivity index (χ0v) is 34.6. The molecule has 12 nitrogen and oxygen atoms in total. The number of hydrogen-bond acceptors (Lipinski definition) is 11. The van der Waals surface area contributed by atoms with Crippen LogP contribution in [-0.4, -0.2) is 35.0 Å². The Morgan fingerprint density at radius 1 is 0.410 bits per heavy atom. The number of aromatic nitrogens is 1. The molecular weight excluding hydrogens is 826 g/mol. The van der Waals surface area contributed by atoms with Crippen molar-refractivity contribution in [2.45, 2.75) is 0 Å². The van der Waals surface area contributed by atoms with E-state index in [2.05, 4.69) is 0 Å². The van der Waals surface area contributed by atoms with Crippen molar-refractivity contribution in [2.24, 2.45) is 15.0 Å². The number of carboxylic acids is 3. The summed E-state index contributed by atoms with van der Waals surface area (Å²) in [4.78, 5) is 55.5. The molecule has 4 aromatic carbocycles. The molecule has 0 radical (unpaired) electrons. The minimum absolute atomic E-state index is 0. The molecule has 8 bridgehead atoms. The van der Waals surface area contributed by atoms with Gasteiger partial charge in [0.2, 0.25) is 0 Å². The number of nitrogens with zero attached hydrogens (tertiary/aromatic N) is 4. The average Bonchev–Trinajstić information content (AvgIpc) is 4.10. The summed E-state index contributed by atoms with van der Waals surface area (Å²) in [7, 11) is 0. The van der Waals surface area contributed by atoms with Gasteiger partial charge in [0, 0.05) is 11.1 Å². The van der Waals surface area contributed by atoms with Crippen LogP contribution < -0.4 is 41.0 Å². The second-order valence-electron chi connectivity index (χ2n) is 13.8. The zero-order chi connectivity index (χ0) is 41.7. The third-order valence-electron chi connectivity index (χ3n) is 10.2. The number of carbonyl (C=O) groups excluding carboxylic acids is 3. The first-order valence-corrected chi connectivity index (χ1v) is 18.4. The number of rotatable bonds is 6. The summed E-state index contributed by atoms with van der Waals surface area (Å²) < 4.78 is 0. The van der Waals surface area contributed by atoms with Crippen LogP contribution in [0.25, 0.3) is 28.2 Å². The van der Waals surface area contributed by atoms with Crippen LogP contribution >= 0.6 is 0 Å². The molecule has 0 unspecified atom stereocenters. The van der Waals surface area contributed by atoms with Crippen LogP contribution in [0.5, 0.6) is 0 Å². The molecule has 0 aliphatic carbocycles. The fraction of sp³-hybridized carbons (Fsp3) is 0. The second-order valence-corrected chi connectivity index (χ2v) is 13.8. The third-order valence-corrected chi connectivity index (χ3v) is 10.2. The Labute approximate surface area is 365 Å². The molecule has 5 aromatic rings. The SMILES string of the molecule is O=C([O-])c1ccc(C2=C3C=CC(=N3)C(c3ccc(C(=O)[O-])cc3)=C3C=CC(=N3)C(=c3ccc(=C([O-])[O-])cc3)c3ccc([n-]3)C(c3ccc(C(=O)[O-])cc3)=C3C=CC2=N3)cc1.[H+].[H+].[H+].[H+].[Zn+2]. The standard InChI is InChI=1S/C48H30N4O8.Zn/c53-45(54)29-9-1-25(2-10-29)41-33-17-19-35(49-33)42(26-3-11-30(12-4-26)46(55)56)37-21-23-39(51-37)44(28-7-15-32(16-8-28)48(59)60)40-24-22-38(52-40)43(36-20-18-34(41)50-36)27-5-13-31(14-6-27)47(57)58;/h1-24H,(H6,49,50,51,52,53,54,55,56,57,58,59,60);/q;+2/p-2. The van der Waals surface area contributed by atoms with Crippen molar-refractivity contribution in [3.63, 3.8) is 0 Å². The topological polar surface area (TPSA) is 218 Å². The van der Waals surface area contributed by atoms with Crippen molar-refractivity contribution in [1.29, 1.82) is 0 Å². The van der Waals surface area contributed by atoms with Crippen molar-refractivity contribution < 1.29 is 65.1 Å². The Balaban J connectivity index is 0.00000185.